The third-order valence-corrected chi connectivity index (χ3v) is 11.4. The summed E-state index contributed by atoms with van der Waals surface area (Å²) in [4.78, 5) is 62.5. The Morgan fingerprint density at radius 2 is 1.64 bits per heavy atom. The molecule has 5 fully saturated rings. The van der Waals surface area contributed by atoms with Gasteiger partial charge in [-0.3, -0.25) is 4.79 Å². The average molecular weight is 809 g/mol. The van der Waals surface area contributed by atoms with E-state index in [0.29, 0.717) is 35.8 Å². The summed E-state index contributed by atoms with van der Waals surface area (Å²) in [5.41, 5.74) is -1.69. The van der Waals surface area contributed by atoms with Gasteiger partial charge in [-0.05, 0) is 124 Å². The van der Waals surface area contributed by atoms with Crippen molar-refractivity contribution in [3.05, 3.63) is 41.5 Å². The van der Waals surface area contributed by atoms with Gasteiger partial charge in [0.05, 0.1) is 36.8 Å². The van der Waals surface area contributed by atoms with Crippen molar-refractivity contribution in [1.29, 1.82) is 0 Å². The normalized spacial score (nSPS) is 24.4. The van der Waals surface area contributed by atoms with Crippen LogP contribution < -0.4 is 14.8 Å². The van der Waals surface area contributed by atoms with E-state index in [9.17, 15) is 19.2 Å². The number of amides is 2. The molecule has 2 amide bonds. The van der Waals surface area contributed by atoms with Crippen LogP contribution in [0.5, 0.6) is 11.5 Å². The number of aromatic nitrogens is 2. The van der Waals surface area contributed by atoms with Gasteiger partial charge in [0.2, 0.25) is 5.91 Å². The predicted molar refractivity (Wildman–Crippen MR) is 214 cm³/mol. The number of H-pyrrole nitrogens is 1. The number of hydrogen-bond acceptors (Lipinski definition) is 12. The maximum absolute atomic E-state index is 14.1. The SMILES string of the molecule is CC(C)(C)OC(=O)N[C@H](Cc1c[nH]cn1)C(=O)N1CC(Oc2ccc(CCB3O[C@@H]4C[C@@H]5C[C@@H](C5(C)C)[C@]4(C)O3)c(OC(=O)OC(C)(C)C)c2C(=O)OC(C)(C)C)C1. The summed E-state index contributed by atoms with van der Waals surface area (Å²) in [5, 5.41) is 2.69. The van der Waals surface area contributed by atoms with Crippen LogP contribution in [0.2, 0.25) is 6.32 Å². The van der Waals surface area contributed by atoms with Crippen LogP contribution >= 0.6 is 0 Å². The molecule has 2 N–H and O–H groups in total. The number of esters is 1. The van der Waals surface area contributed by atoms with Crippen molar-refractivity contribution in [3.63, 3.8) is 0 Å². The molecule has 3 aliphatic carbocycles. The summed E-state index contributed by atoms with van der Waals surface area (Å²) in [5.74, 6) is -0.0351. The Hall–Kier alpha value is -4.31. The number of nitrogens with zero attached hydrogens (tertiary/aromatic N) is 2. The molecule has 58 heavy (non-hydrogen) atoms. The number of rotatable bonds is 11. The Morgan fingerprint density at radius 1 is 0.966 bits per heavy atom. The lowest BCUT2D eigenvalue weighted by molar-refractivity contribution is -0.199. The van der Waals surface area contributed by atoms with Crippen LogP contribution in [0, 0.1) is 17.3 Å². The van der Waals surface area contributed by atoms with Crippen LogP contribution in [-0.2, 0) is 41.2 Å². The molecule has 15 nitrogen and oxygen atoms in total. The summed E-state index contributed by atoms with van der Waals surface area (Å²) >= 11 is 0. The van der Waals surface area contributed by atoms with Gasteiger partial charge in [0.1, 0.15) is 40.3 Å². The Labute approximate surface area is 342 Å². The van der Waals surface area contributed by atoms with E-state index in [4.69, 9.17) is 33.0 Å². The minimum Gasteiger partial charge on any atom is -0.486 e. The minimum atomic E-state index is -0.995. The molecule has 0 radical (unpaired) electrons. The zero-order chi connectivity index (χ0) is 42.6. The van der Waals surface area contributed by atoms with Gasteiger partial charge >= 0.3 is 25.3 Å². The number of ether oxygens (including phenoxy) is 5. The number of benzene rings is 1. The standard InChI is InChI=1S/C42H61BN4O11/c1-38(2,3)54-35(49)32-29(52-27-21-47(22-27)34(48)28(19-26-20-44-23-45-26)46-36(50)55-39(4,5)6)14-13-24(33(32)53-37(51)56-40(7,8)9)15-16-43-57-31-18-25-17-30(41(25,10)11)42(31,12)58-43/h13-14,20,23,25,27-28,30-31H,15-19,21-22H2,1-12H3,(H,44,45)(H,46,50)/t25-,28+,30-,31+,42-/m0/s1. The molecule has 5 aliphatic rings. The molecule has 0 spiro atoms. The number of carbonyl (C=O) groups excluding carboxylic acids is 4. The summed E-state index contributed by atoms with van der Waals surface area (Å²) in [7, 11) is -0.486. The summed E-state index contributed by atoms with van der Waals surface area (Å²) < 4.78 is 42.3. The van der Waals surface area contributed by atoms with Crippen molar-refractivity contribution in [1.82, 2.24) is 20.2 Å². The lowest BCUT2D eigenvalue weighted by Gasteiger charge is -2.64. The molecule has 1 aromatic heterocycles. The molecule has 3 heterocycles. The Kier molecular flexibility index (Phi) is 11.7. The Balaban J connectivity index is 1.22. The van der Waals surface area contributed by atoms with E-state index in [2.05, 4.69) is 36.1 Å². The second-order valence-corrected chi connectivity index (χ2v) is 19.9. The molecule has 318 valence electrons. The van der Waals surface area contributed by atoms with Gasteiger partial charge in [-0.1, -0.05) is 19.9 Å². The van der Waals surface area contributed by atoms with Crippen LogP contribution in [-0.4, -0.2) is 99.9 Å². The largest absolute Gasteiger partial charge is 0.514 e. The lowest BCUT2D eigenvalue weighted by atomic mass is 9.43. The molecular formula is C42H61BN4O11. The maximum atomic E-state index is 14.1. The molecule has 2 aromatic rings. The van der Waals surface area contributed by atoms with E-state index >= 15 is 0 Å². The van der Waals surface area contributed by atoms with Gasteiger partial charge in [0.15, 0.2) is 5.75 Å². The number of alkyl carbamates (subject to hydrolysis) is 1. The van der Waals surface area contributed by atoms with Gasteiger partial charge in [0.25, 0.3) is 0 Å². The van der Waals surface area contributed by atoms with E-state index in [0.717, 1.165) is 12.8 Å². The van der Waals surface area contributed by atoms with Crippen molar-refractivity contribution in [2.24, 2.45) is 17.3 Å². The predicted octanol–water partition coefficient (Wildman–Crippen LogP) is 6.68. The van der Waals surface area contributed by atoms with Crippen LogP contribution in [0.3, 0.4) is 0 Å². The maximum Gasteiger partial charge on any atom is 0.514 e. The molecule has 7 rings (SSSR count). The van der Waals surface area contributed by atoms with Crippen molar-refractivity contribution in [3.8, 4) is 11.5 Å². The lowest BCUT2D eigenvalue weighted by Crippen LogP contribution is -2.65. The third-order valence-electron chi connectivity index (χ3n) is 11.4. The zero-order valence-corrected chi connectivity index (χ0v) is 36.1. The molecule has 1 aromatic carbocycles. The molecule has 3 saturated carbocycles. The Morgan fingerprint density at radius 3 is 2.24 bits per heavy atom. The van der Waals surface area contributed by atoms with Crippen molar-refractivity contribution in [2.45, 2.75) is 156 Å². The van der Waals surface area contributed by atoms with E-state index in [1.165, 1.54) is 6.33 Å². The van der Waals surface area contributed by atoms with Gasteiger partial charge in [-0.2, -0.15) is 0 Å². The summed E-state index contributed by atoms with van der Waals surface area (Å²) in [6.45, 7) is 22.7. The first kappa shape index (κ1) is 43.3. The highest BCUT2D eigenvalue weighted by Crippen LogP contribution is 2.65. The van der Waals surface area contributed by atoms with E-state index in [1.54, 1.807) is 85.5 Å². The van der Waals surface area contributed by atoms with Gasteiger partial charge in [0, 0.05) is 12.6 Å². The molecule has 0 unspecified atom stereocenters. The van der Waals surface area contributed by atoms with Crippen molar-refractivity contribution < 1.29 is 52.2 Å². The topological polar surface area (TPSA) is 177 Å². The van der Waals surface area contributed by atoms with E-state index in [-0.39, 0.29) is 59.6 Å². The van der Waals surface area contributed by atoms with Crippen LogP contribution in [0.1, 0.15) is 118 Å². The summed E-state index contributed by atoms with van der Waals surface area (Å²) in [6.07, 6.45) is 3.89. The van der Waals surface area contributed by atoms with Crippen LogP contribution in [0.25, 0.3) is 0 Å². The minimum absolute atomic E-state index is 0.00228. The molecule has 16 heteroatoms. The van der Waals surface area contributed by atoms with E-state index < -0.39 is 54.3 Å². The average Bonchev–Trinajstić information content (AvgIpc) is 3.69. The number of carbonyl (C=O) groups is 4. The second kappa shape index (κ2) is 15.7. The van der Waals surface area contributed by atoms with Gasteiger partial charge in [-0.25, -0.2) is 19.4 Å². The first-order valence-corrected chi connectivity index (χ1v) is 20.4. The number of likely N-dealkylation sites (tertiary alicyclic amines) is 1. The highest BCUT2D eigenvalue weighted by atomic mass is 16.7. The quantitative estimate of drug-likeness (QED) is 0.107. The van der Waals surface area contributed by atoms with Gasteiger partial charge < -0.3 is 48.2 Å². The molecule has 2 saturated heterocycles. The number of nitrogens with one attached hydrogen (secondary N) is 2. The van der Waals surface area contributed by atoms with Crippen LogP contribution in [0.15, 0.2) is 24.7 Å². The zero-order valence-electron chi connectivity index (χ0n) is 36.1. The number of aryl methyl sites for hydroxylation is 1. The third kappa shape index (κ3) is 9.76. The second-order valence-electron chi connectivity index (χ2n) is 19.9. The highest BCUT2D eigenvalue weighted by molar-refractivity contribution is 6.45. The Bertz CT molecular complexity index is 1860. The monoisotopic (exact) mass is 808 g/mol. The van der Waals surface area contributed by atoms with Crippen molar-refractivity contribution >= 4 is 31.2 Å². The number of aromatic amines is 1. The van der Waals surface area contributed by atoms with Gasteiger partial charge in [-0.15, -0.1) is 0 Å². The molecular weight excluding hydrogens is 747 g/mol. The first-order chi connectivity index (χ1) is 26.8. The first-order valence-electron chi connectivity index (χ1n) is 20.4. The molecule has 2 bridgehead atoms. The highest BCUT2D eigenvalue weighted by Gasteiger charge is 2.67. The molecule has 2 aliphatic heterocycles. The fraction of sp³-hybridized carbons (Fsp3) is 0.690. The summed E-state index contributed by atoms with van der Waals surface area (Å²) in [6, 6.07) is 2.44. The van der Waals surface area contributed by atoms with Crippen LogP contribution in [0.4, 0.5) is 9.59 Å². The number of imidazole rings is 1. The fourth-order valence-corrected chi connectivity index (χ4v) is 8.60. The van der Waals surface area contributed by atoms with Crippen molar-refractivity contribution in [2.75, 3.05) is 13.1 Å². The van der Waals surface area contributed by atoms with E-state index in [1.807, 2.05) is 0 Å². The molecule has 5 atom stereocenters. The fourth-order valence-electron chi connectivity index (χ4n) is 8.60. The smallest absolute Gasteiger partial charge is 0.486 e. The number of hydrogen-bond donors (Lipinski definition) is 2.